The van der Waals surface area contributed by atoms with Crippen LogP contribution in [0.25, 0.3) is 10.1 Å². The summed E-state index contributed by atoms with van der Waals surface area (Å²) in [6.45, 7) is -0.159. The van der Waals surface area contributed by atoms with Gasteiger partial charge in [-0.15, -0.1) is 0 Å². The van der Waals surface area contributed by atoms with Gasteiger partial charge in [0, 0.05) is 10.1 Å². The lowest BCUT2D eigenvalue weighted by Crippen LogP contribution is -1.85. The van der Waals surface area contributed by atoms with E-state index in [-0.39, 0.29) is 12.4 Å². The second kappa shape index (κ2) is 3.55. The number of thiophene rings is 1. The molecule has 0 bridgehead atoms. The first kappa shape index (κ1) is 9.43. The highest BCUT2D eigenvalue weighted by Gasteiger charge is 2.08. The van der Waals surface area contributed by atoms with Gasteiger partial charge in [0.2, 0.25) is 0 Å². The van der Waals surface area contributed by atoms with Crippen molar-refractivity contribution >= 4 is 21.4 Å². The van der Waals surface area contributed by atoms with Crippen LogP contribution in [0.15, 0.2) is 18.2 Å². The molecule has 0 aliphatic rings. The molecule has 0 saturated carbocycles. The average Bonchev–Trinajstić information content (AvgIpc) is 2.59. The van der Waals surface area contributed by atoms with Crippen molar-refractivity contribution in [3.8, 4) is 5.06 Å². The molecule has 74 valence electrons. The minimum Gasteiger partial charge on any atom is -0.487 e. The number of halogens is 1. The summed E-state index contributed by atoms with van der Waals surface area (Å²) >= 11 is 1.37. The van der Waals surface area contributed by atoms with Crippen molar-refractivity contribution in [2.45, 2.75) is 6.61 Å². The Bertz CT molecular complexity index is 464. The molecule has 0 atom stereocenters. The maximum atomic E-state index is 13.1. The van der Waals surface area contributed by atoms with Gasteiger partial charge in [-0.2, -0.15) is 0 Å². The van der Waals surface area contributed by atoms with Gasteiger partial charge in [-0.1, -0.05) is 11.3 Å². The minimum atomic E-state index is -0.328. The Hall–Kier alpha value is -1.13. The van der Waals surface area contributed by atoms with Crippen molar-refractivity contribution in [2.75, 3.05) is 7.11 Å². The molecular weight excluding hydrogens is 203 g/mol. The molecule has 1 heterocycles. The molecule has 2 aromatic rings. The van der Waals surface area contributed by atoms with Gasteiger partial charge in [0.1, 0.15) is 5.82 Å². The van der Waals surface area contributed by atoms with Crippen LogP contribution in [0.5, 0.6) is 5.06 Å². The molecule has 1 aromatic carbocycles. The van der Waals surface area contributed by atoms with Crippen molar-refractivity contribution in [2.24, 2.45) is 0 Å². The van der Waals surface area contributed by atoms with Gasteiger partial charge >= 0.3 is 0 Å². The molecule has 0 amide bonds. The fourth-order valence-corrected chi connectivity index (χ4v) is 2.33. The van der Waals surface area contributed by atoms with Gasteiger partial charge < -0.3 is 9.84 Å². The lowest BCUT2D eigenvalue weighted by molar-refractivity contribution is 0.283. The number of aliphatic hydroxyl groups is 1. The van der Waals surface area contributed by atoms with E-state index >= 15 is 0 Å². The monoisotopic (exact) mass is 212 g/mol. The van der Waals surface area contributed by atoms with Crippen molar-refractivity contribution in [1.29, 1.82) is 0 Å². The van der Waals surface area contributed by atoms with Crippen molar-refractivity contribution in [3.63, 3.8) is 0 Å². The van der Waals surface area contributed by atoms with E-state index in [4.69, 9.17) is 9.84 Å². The van der Waals surface area contributed by atoms with Gasteiger partial charge in [-0.05, 0) is 23.8 Å². The number of aliphatic hydroxyl groups excluding tert-OH is 1. The zero-order valence-corrected chi connectivity index (χ0v) is 8.40. The minimum absolute atomic E-state index is 0.159. The zero-order valence-electron chi connectivity index (χ0n) is 7.58. The molecule has 0 spiro atoms. The molecule has 4 heteroatoms. The summed E-state index contributed by atoms with van der Waals surface area (Å²) in [6, 6.07) is 4.60. The van der Waals surface area contributed by atoms with E-state index in [9.17, 15) is 4.39 Å². The summed E-state index contributed by atoms with van der Waals surface area (Å²) in [7, 11) is 1.57. The third-order valence-corrected chi connectivity index (χ3v) is 3.08. The maximum Gasteiger partial charge on any atom is 0.174 e. The van der Waals surface area contributed by atoms with Crippen molar-refractivity contribution in [3.05, 3.63) is 29.6 Å². The van der Waals surface area contributed by atoms with Gasteiger partial charge in [0.25, 0.3) is 0 Å². The smallest absolute Gasteiger partial charge is 0.174 e. The standard InChI is InChI=1S/C10H9FO2S/c1-13-10-4-8-6(5-12)2-7(11)3-9(8)14-10/h2-4,12H,5H2,1H3. The Kier molecular flexibility index (Phi) is 2.39. The van der Waals surface area contributed by atoms with Crippen LogP contribution >= 0.6 is 11.3 Å². The normalized spacial score (nSPS) is 10.8. The Labute approximate surface area is 84.6 Å². The average molecular weight is 212 g/mol. The maximum absolute atomic E-state index is 13.1. The summed E-state index contributed by atoms with van der Waals surface area (Å²) in [5.74, 6) is -0.328. The van der Waals surface area contributed by atoms with E-state index in [0.717, 1.165) is 15.1 Å². The summed E-state index contributed by atoms with van der Waals surface area (Å²) in [5.41, 5.74) is 0.597. The summed E-state index contributed by atoms with van der Waals surface area (Å²) in [5, 5.41) is 10.6. The van der Waals surface area contributed by atoms with Crippen LogP contribution in [0.4, 0.5) is 4.39 Å². The van der Waals surface area contributed by atoms with Gasteiger partial charge in [-0.3, -0.25) is 0 Å². The van der Waals surface area contributed by atoms with Crippen molar-refractivity contribution in [1.82, 2.24) is 0 Å². The van der Waals surface area contributed by atoms with E-state index < -0.39 is 0 Å². The molecule has 0 aliphatic carbocycles. The largest absolute Gasteiger partial charge is 0.487 e. The molecule has 2 rings (SSSR count). The summed E-state index contributed by atoms with van der Waals surface area (Å²) < 4.78 is 18.9. The number of fused-ring (bicyclic) bond motifs is 1. The predicted octanol–water partition coefficient (Wildman–Crippen LogP) is 2.54. The first-order valence-corrected chi connectivity index (χ1v) is 4.93. The fraction of sp³-hybridized carbons (Fsp3) is 0.200. The third-order valence-electron chi connectivity index (χ3n) is 2.04. The Morgan fingerprint density at radius 2 is 2.21 bits per heavy atom. The molecule has 0 unspecified atom stereocenters. The van der Waals surface area contributed by atoms with Gasteiger partial charge in [0.15, 0.2) is 5.06 Å². The van der Waals surface area contributed by atoms with Gasteiger partial charge in [-0.25, -0.2) is 4.39 Å². The number of hydrogen-bond donors (Lipinski definition) is 1. The lowest BCUT2D eigenvalue weighted by Gasteiger charge is -1.98. The first-order chi connectivity index (χ1) is 6.74. The van der Waals surface area contributed by atoms with Gasteiger partial charge in [0.05, 0.1) is 13.7 Å². The number of benzene rings is 1. The Balaban J connectivity index is 2.71. The topological polar surface area (TPSA) is 29.5 Å². The second-order valence-electron chi connectivity index (χ2n) is 2.90. The molecule has 0 aliphatic heterocycles. The Morgan fingerprint density at radius 3 is 2.86 bits per heavy atom. The summed E-state index contributed by atoms with van der Waals surface area (Å²) in [4.78, 5) is 0. The third kappa shape index (κ3) is 1.47. The second-order valence-corrected chi connectivity index (χ2v) is 3.95. The predicted molar refractivity (Wildman–Crippen MR) is 54.3 cm³/mol. The molecule has 2 nitrogen and oxygen atoms in total. The molecule has 0 radical (unpaired) electrons. The van der Waals surface area contributed by atoms with Crippen LogP contribution in [-0.2, 0) is 6.61 Å². The van der Waals surface area contributed by atoms with E-state index in [1.807, 2.05) is 6.07 Å². The van der Waals surface area contributed by atoms with E-state index in [0.29, 0.717) is 5.56 Å². The first-order valence-electron chi connectivity index (χ1n) is 4.11. The lowest BCUT2D eigenvalue weighted by atomic mass is 10.1. The molecular formula is C10H9FO2S. The summed E-state index contributed by atoms with van der Waals surface area (Å²) in [6.07, 6.45) is 0. The number of ether oxygens (including phenoxy) is 1. The highest BCUT2D eigenvalue weighted by Crippen LogP contribution is 2.34. The molecule has 1 aromatic heterocycles. The van der Waals surface area contributed by atoms with Crippen LogP contribution in [0.1, 0.15) is 5.56 Å². The quantitative estimate of drug-likeness (QED) is 0.829. The molecule has 14 heavy (non-hydrogen) atoms. The van der Waals surface area contributed by atoms with Crippen LogP contribution in [0.2, 0.25) is 0 Å². The number of hydrogen-bond acceptors (Lipinski definition) is 3. The van der Waals surface area contributed by atoms with Crippen LogP contribution in [0.3, 0.4) is 0 Å². The van der Waals surface area contributed by atoms with E-state index in [1.165, 1.54) is 23.5 Å². The van der Waals surface area contributed by atoms with Crippen molar-refractivity contribution < 1.29 is 14.2 Å². The SMILES string of the molecule is COc1cc2c(CO)cc(F)cc2s1. The van der Waals surface area contributed by atoms with E-state index in [2.05, 4.69) is 0 Å². The fourth-order valence-electron chi connectivity index (χ4n) is 1.38. The van der Waals surface area contributed by atoms with Crippen LogP contribution < -0.4 is 4.74 Å². The molecule has 0 fully saturated rings. The van der Waals surface area contributed by atoms with Crippen LogP contribution in [-0.4, -0.2) is 12.2 Å². The zero-order chi connectivity index (χ0) is 10.1. The highest BCUT2D eigenvalue weighted by molar-refractivity contribution is 7.20. The Morgan fingerprint density at radius 1 is 1.43 bits per heavy atom. The van der Waals surface area contributed by atoms with E-state index in [1.54, 1.807) is 7.11 Å². The number of rotatable bonds is 2. The molecule has 1 N–H and O–H groups in total. The van der Waals surface area contributed by atoms with Crippen LogP contribution in [0, 0.1) is 5.82 Å². The number of methoxy groups -OCH3 is 1. The molecule has 0 saturated heterocycles. The highest BCUT2D eigenvalue weighted by atomic mass is 32.1.